The molecule has 0 fully saturated rings. The molecule has 1 spiro atoms. The van der Waals surface area contributed by atoms with Gasteiger partial charge in [0.05, 0.1) is 16.8 Å². The summed E-state index contributed by atoms with van der Waals surface area (Å²) in [5.41, 5.74) is 24.0. The first-order chi connectivity index (χ1) is 28.3. The molecule has 0 amide bonds. The predicted octanol–water partition coefficient (Wildman–Crippen LogP) is 14.4. The Morgan fingerprint density at radius 1 is 0.316 bits per heavy atom. The van der Waals surface area contributed by atoms with E-state index in [1.807, 2.05) is 0 Å². The molecule has 0 aromatic heterocycles. The summed E-state index contributed by atoms with van der Waals surface area (Å²) in [5.74, 6) is 0. The van der Waals surface area contributed by atoms with Crippen molar-refractivity contribution in [3.8, 4) is 55.6 Å². The molecule has 266 valence electrons. The number of benzene rings is 9. The topological polar surface area (TPSA) is 3.24 Å². The molecule has 0 saturated heterocycles. The molecule has 1 nitrogen and oxygen atoms in total. The summed E-state index contributed by atoms with van der Waals surface area (Å²) in [4.78, 5) is 2.52. The minimum atomic E-state index is -0.389. The van der Waals surface area contributed by atoms with Gasteiger partial charge in [0.2, 0.25) is 0 Å². The molecule has 3 aliphatic carbocycles. The Hall–Kier alpha value is -7.22. The summed E-state index contributed by atoms with van der Waals surface area (Å²) in [6.45, 7) is 0. The fraction of sp³-hybridized carbons (Fsp3) is 0.0357. The van der Waals surface area contributed by atoms with Crippen molar-refractivity contribution in [1.82, 2.24) is 0 Å². The third kappa shape index (κ3) is 4.51. The number of hydrogen-bond acceptors (Lipinski definition) is 1. The van der Waals surface area contributed by atoms with Gasteiger partial charge in [0.25, 0.3) is 0 Å². The molecule has 9 aromatic carbocycles. The number of rotatable bonds is 5. The Bertz CT molecular complexity index is 3020. The number of hydrogen-bond donors (Lipinski definition) is 0. The van der Waals surface area contributed by atoms with Crippen LogP contribution in [0.5, 0.6) is 0 Å². The summed E-state index contributed by atoms with van der Waals surface area (Å²) in [5, 5.41) is 0. The Morgan fingerprint density at radius 3 is 1.47 bits per heavy atom. The van der Waals surface area contributed by atoms with Crippen LogP contribution in [0.15, 0.2) is 212 Å². The van der Waals surface area contributed by atoms with Gasteiger partial charge in [-0.2, -0.15) is 0 Å². The lowest BCUT2D eigenvalue weighted by Crippen LogP contribution is -2.25. The zero-order valence-corrected chi connectivity index (χ0v) is 31.4. The molecule has 1 heteroatoms. The lowest BCUT2D eigenvalue weighted by Gasteiger charge is -2.32. The SMILES string of the molecule is c1ccc(-c2ccccc2N(c2ccc3c(c2)-c2ccccc2C32c3ccccc3-c3ccccc32)c2ccccc2-c2cccc3c2-c2ccccc2C3)cc1. The van der Waals surface area contributed by atoms with Crippen molar-refractivity contribution < 1.29 is 0 Å². The van der Waals surface area contributed by atoms with Gasteiger partial charge >= 0.3 is 0 Å². The minimum Gasteiger partial charge on any atom is -0.309 e. The van der Waals surface area contributed by atoms with Crippen LogP contribution in [0, 0.1) is 0 Å². The molecule has 3 aliphatic rings. The molecule has 0 aliphatic heterocycles. The summed E-state index contributed by atoms with van der Waals surface area (Å²) in [6, 6.07) is 79.0. The number of anilines is 3. The van der Waals surface area contributed by atoms with Crippen LogP contribution in [-0.2, 0) is 11.8 Å². The number of nitrogens with zero attached hydrogens (tertiary/aromatic N) is 1. The van der Waals surface area contributed by atoms with E-state index in [9.17, 15) is 0 Å². The fourth-order valence-corrected chi connectivity index (χ4v) is 10.5. The van der Waals surface area contributed by atoms with Crippen LogP contribution in [0.25, 0.3) is 55.6 Å². The van der Waals surface area contributed by atoms with E-state index in [1.165, 1.54) is 89.0 Å². The lowest BCUT2D eigenvalue weighted by atomic mass is 9.70. The number of fused-ring (bicyclic) bond motifs is 13. The molecule has 0 heterocycles. The second-order valence-electron chi connectivity index (χ2n) is 15.5. The van der Waals surface area contributed by atoms with E-state index in [0.29, 0.717) is 0 Å². The normalized spacial score (nSPS) is 13.3. The van der Waals surface area contributed by atoms with E-state index < -0.39 is 0 Å². The number of para-hydroxylation sites is 2. The summed E-state index contributed by atoms with van der Waals surface area (Å²) in [7, 11) is 0. The molecule has 0 saturated carbocycles. The van der Waals surface area contributed by atoms with Crippen molar-refractivity contribution in [2.24, 2.45) is 0 Å². The van der Waals surface area contributed by atoms with Crippen LogP contribution < -0.4 is 4.90 Å². The van der Waals surface area contributed by atoms with Gasteiger partial charge in [-0.3, -0.25) is 0 Å². The van der Waals surface area contributed by atoms with E-state index in [1.54, 1.807) is 0 Å². The first-order valence-electron chi connectivity index (χ1n) is 20.0. The fourth-order valence-electron chi connectivity index (χ4n) is 10.5. The van der Waals surface area contributed by atoms with E-state index >= 15 is 0 Å². The van der Waals surface area contributed by atoms with Gasteiger partial charge in [-0.1, -0.05) is 188 Å². The highest BCUT2D eigenvalue weighted by Gasteiger charge is 2.51. The molecular weight excluding hydrogens is 687 g/mol. The molecule has 0 unspecified atom stereocenters. The van der Waals surface area contributed by atoms with Gasteiger partial charge in [0, 0.05) is 16.8 Å². The summed E-state index contributed by atoms with van der Waals surface area (Å²) >= 11 is 0. The van der Waals surface area contributed by atoms with Crippen molar-refractivity contribution in [2.45, 2.75) is 11.8 Å². The standard InChI is InChI=1S/C56H37N/c1-2-17-37(18-3-1)41-21-9-14-31-53(41)57(54-32-15-10-26-46(54)47-27-16-20-39-35-38-19-4-5-22-42(38)55(39)47)40-33-34-52-48(36-40)45-25-8-13-30-51(45)56(52)49-28-11-6-23-43(49)44-24-7-12-29-50(44)56/h1-34,36H,35H2. The third-order valence-electron chi connectivity index (χ3n) is 12.7. The van der Waals surface area contributed by atoms with E-state index in [0.717, 1.165) is 23.5 Å². The average Bonchev–Trinajstić information content (AvgIpc) is 3.91. The van der Waals surface area contributed by atoms with Crippen molar-refractivity contribution in [1.29, 1.82) is 0 Å². The second kappa shape index (κ2) is 12.4. The molecule has 0 bridgehead atoms. The van der Waals surface area contributed by atoms with Gasteiger partial charge in [0.1, 0.15) is 0 Å². The van der Waals surface area contributed by atoms with E-state index in [2.05, 4.69) is 217 Å². The highest BCUT2D eigenvalue weighted by Crippen LogP contribution is 2.63. The minimum absolute atomic E-state index is 0.389. The van der Waals surface area contributed by atoms with Crippen molar-refractivity contribution in [2.75, 3.05) is 4.90 Å². The highest BCUT2D eigenvalue weighted by molar-refractivity contribution is 6.01. The van der Waals surface area contributed by atoms with Crippen LogP contribution >= 0.6 is 0 Å². The average molecular weight is 724 g/mol. The smallest absolute Gasteiger partial charge is 0.0725 e. The molecule has 9 aromatic rings. The molecular formula is C56H37N. The molecule has 57 heavy (non-hydrogen) atoms. The first-order valence-corrected chi connectivity index (χ1v) is 20.0. The van der Waals surface area contributed by atoms with Crippen molar-refractivity contribution in [3.05, 3.63) is 246 Å². The van der Waals surface area contributed by atoms with Crippen LogP contribution in [-0.4, -0.2) is 0 Å². The van der Waals surface area contributed by atoms with Gasteiger partial charge < -0.3 is 4.90 Å². The monoisotopic (exact) mass is 723 g/mol. The van der Waals surface area contributed by atoms with Crippen LogP contribution in [0.1, 0.15) is 33.4 Å². The van der Waals surface area contributed by atoms with E-state index in [-0.39, 0.29) is 5.41 Å². The maximum atomic E-state index is 2.52. The Balaban J connectivity index is 1.13. The Labute approximate surface area is 333 Å². The third-order valence-corrected chi connectivity index (χ3v) is 12.7. The Morgan fingerprint density at radius 2 is 0.789 bits per heavy atom. The van der Waals surface area contributed by atoms with Gasteiger partial charge in [0.15, 0.2) is 0 Å². The lowest BCUT2D eigenvalue weighted by molar-refractivity contribution is 0.794. The predicted molar refractivity (Wildman–Crippen MR) is 237 cm³/mol. The van der Waals surface area contributed by atoms with Crippen LogP contribution in [0.3, 0.4) is 0 Å². The molecule has 0 atom stereocenters. The summed E-state index contributed by atoms with van der Waals surface area (Å²) in [6.07, 6.45) is 0.959. The van der Waals surface area contributed by atoms with E-state index in [4.69, 9.17) is 0 Å². The first kappa shape index (κ1) is 32.1. The maximum absolute atomic E-state index is 2.52. The molecule has 0 N–H and O–H groups in total. The van der Waals surface area contributed by atoms with Crippen molar-refractivity contribution in [3.63, 3.8) is 0 Å². The van der Waals surface area contributed by atoms with Gasteiger partial charge in [-0.25, -0.2) is 0 Å². The van der Waals surface area contributed by atoms with Crippen LogP contribution in [0.2, 0.25) is 0 Å². The largest absolute Gasteiger partial charge is 0.309 e. The Kier molecular flexibility index (Phi) is 6.97. The second-order valence-corrected chi connectivity index (χ2v) is 15.5. The van der Waals surface area contributed by atoms with Crippen molar-refractivity contribution >= 4 is 17.1 Å². The quantitative estimate of drug-likeness (QED) is 0.171. The zero-order chi connectivity index (χ0) is 37.5. The zero-order valence-electron chi connectivity index (χ0n) is 31.4. The highest BCUT2D eigenvalue weighted by atomic mass is 15.1. The molecule has 0 radical (unpaired) electrons. The van der Waals surface area contributed by atoms with Gasteiger partial charge in [-0.05, 0) is 109 Å². The molecule has 12 rings (SSSR count). The van der Waals surface area contributed by atoms with Crippen LogP contribution in [0.4, 0.5) is 17.1 Å². The summed E-state index contributed by atoms with van der Waals surface area (Å²) < 4.78 is 0. The maximum Gasteiger partial charge on any atom is 0.0725 e. The van der Waals surface area contributed by atoms with Gasteiger partial charge in [-0.15, -0.1) is 0 Å².